The highest BCUT2D eigenvalue weighted by Gasteiger charge is 2.13. The maximum absolute atomic E-state index is 12.0. The van der Waals surface area contributed by atoms with E-state index in [1.165, 1.54) is 0 Å². The van der Waals surface area contributed by atoms with E-state index in [9.17, 15) is 4.79 Å². The maximum Gasteiger partial charge on any atom is 0.227 e. The molecule has 1 aromatic heterocycles. The van der Waals surface area contributed by atoms with Crippen LogP contribution in [0, 0.1) is 12.8 Å². The summed E-state index contributed by atoms with van der Waals surface area (Å²) in [5.41, 5.74) is 2.88. The number of amides is 1. The Morgan fingerprint density at radius 2 is 1.90 bits per heavy atom. The minimum absolute atomic E-state index is 0.0879. The van der Waals surface area contributed by atoms with Gasteiger partial charge in [0.2, 0.25) is 5.91 Å². The lowest BCUT2D eigenvalue weighted by Crippen LogP contribution is -2.21. The van der Waals surface area contributed by atoms with Gasteiger partial charge in [-0.25, -0.2) is 4.98 Å². The first-order valence-corrected chi connectivity index (χ1v) is 7.07. The zero-order valence-corrected chi connectivity index (χ0v) is 12.2. The Kier molecular flexibility index (Phi) is 4.56. The molecule has 2 rings (SSSR count). The van der Waals surface area contributed by atoms with Crippen LogP contribution in [0.4, 0.5) is 5.69 Å². The lowest BCUT2D eigenvalue weighted by molar-refractivity contribution is -0.120. The number of aromatic nitrogens is 2. The van der Waals surface area contributed by atoms with Crippen molar-refractivity contribution in [3.05, 3.63) is 36.3 Å². The van der Waals surface area contributed by atoms with Crippen molar-refractivity contribution in [3.8, 4) is 11.3 Å². The fraction of sp³-hybridized carbons (Fsp3) is 0.375. The Morgan fingerprint density at radius 1 is 1.25 bits per heavy atom. The molecule has 0 radical (unpaired) electrons. The number of carbonyl (C=O) groups excluding carboxylic acids is 1. The van der Waals surface area contributed by atoms with E-state index in [1.807, 2.05) is 51.2 Å². The normalized spacial score (nSPS) is 10.8. The van der Waals surface area contributed by atoms with Gasteiger partial charge in [0.1, 0.15) is 5.82 Å². The molecule has 4 nitrogen and oxygen atoms in total. The highest BCUT2D eigenvalue weighted by molar-refractivity contribution is 5.92. The zero-order chi connectivity index (χ0) is 14.5. The number of nitrogens with one attached hydrogen (secondary N) is 2. The first-order chi connectivity index (χ1) is 9.63. The van der Waals surface area contributed by atoms with E-state index in [4.69, 9.17) is 0 Å². The topological polar surface area (TPSA) is 57.8 Å². The molecule has 0 aliphatic heterocycles. The summed E-state index contributed by atoms with van der Waals surface area (Å²) in [6, 6.07) is 7.81. The molecule has 20 heavy (non-hydrogen) atoms. The highest BCUT2D eigenvalue weighted by atomic mass is 16.1. The average Bonchev–Trinajstić information content (AvgIpc) is 2.87. The molecule has 0 unspecified atom stereocenters. The predicted octanol–water partition coefficient (Wildman–Crippen LogP) is 3.76. The summed E-state index contributed by atoms with van der Waals surface area (Å²) in [6.45, 7) is 6.00. The van der Waals surface area contributed by atoms with Gasteiger partial charge >= 0.3 is 0 Å². The van der Waals surface area contributed by atoms with E-state index in [0.29, 0.717) is 0 Å². The highest BCUT2D eigenvalue weighted by Crippen LogP contribution is 2.20. The molecule has 0 saturated carbocycles. The lowest BCUT2D eigenvalue weighted by atomic mass is 10.0. The number of aryl methyl sites for hydroxylation is 1. The van der Waals surface area contributed by atoms with Gasteiger partial charge in [-0.05, 0) is 37.5 Å². The van der Waals surface area contributed by atoms with Crippen LogP contribution in [-0.4, -0.2) is 15.9 Å². The molecule has 2 aromatic rings. The third kappa shape index (κ3) is 3.26. The number of hydrogen-bond acceptors (Lipinski definition) is 2. The third-order valence-corrected chi connectivity index (χ3v) is 3.52. The fourth-order valence-corrected chi connectivity index (χ4v) is 2.20. The Labute approximate surface area is 119 Å². The Morgan fingerprint density at radius 3 is 2.40 bits per heavy atom. The van der Waals surface area contributed by atoms with Crippen molar-refractivity contribution in [2.45, 2.75) is 33.6 Å². The molecule has 0 aliphatic carbocycles. The van der Waals surface area contributed by atoms with Gasteiger partial charge in [-0.3, -0.25) is 4.79 Å². The minimum atomic E-state index is 0.0879. The Balaban J connectivity index is 2.07. The van der Waals surface area contributed by atoms with Crippen LogP contribution in [0.3, 0.4) is 0 Å². The number of H-pyrrole nitrogens is 1. The molecule has 2 N–H and O–H groups in total. The van der Waals surface area contributed by atoms with E-state index in [2.05, 4.69) is 15.3 Å². The summed E-state index contributed by atoms with van der Waals surface area (Å²) >= 11 is 0. The molecule has 0 spiro atoms. The van der Waals surface area contributed by atoms with Gasteiger partial charge in [-0.15, -0.1) is 0 Å². The Bertz CT molecular complexity index is 568. The molecule has 0 fully saturated rings. The number of imidazole rings is 1. The molecule has 0 saturated heterocycles. The van der Waals surface area contributed by atoms with Gasteiger partial charge in [-0.2, -0.15) is 0 Å². The summed E-state index contributed by atoms with van der Waals surface area (Å²) < 4.78 is 0. The van der Waals surface area contributed by atoms with Crippen LogP contribution in [0.15, 0.2) is 30.5 Å². The number of hydrogen-bond donors (Lipinski definition) is 2. The smallest absolute Gasteiger partial charge is 0.227 e. The maximum atomic E-state index is 12.0. The van der Waals surface area contributed by atoms with Crippen molar-refractivity contribution in [2.24, 2.45) is 5.92 Å². The Hall–Kier alpha value is -2.10. The standard InChI is InChI=1S/C16H21N3O/c1-4-12(5-2)16(20)19-14-8-6-13(7-9-14)15-10-17-11(3)18-15/h6-10,12H,4-5H2,1-3H3,(H,17,18)(H,19,20). The number of rotatable bonds is 5. The zero-order valence-electron chi connectivity index (χ0n) is 12.2. The molecule has 1 heterocycles. The lowest BCUT2D eigenvalue weighted by Gasteiger charge is -2.12. The van der Waals surface area contributed by atoms with Gasteiger partial charge in [0.15, 0.2) is 0 Å². The number of carbonyl (C=O) groups is 1. The summed E-state index contributed by atoms with van der Waals surface area (Å²) in [4.78, 5) is 19.4. The van der Waals surface area contributed by atoms with Crippen molar-refractivity contribution in [1.29, 1.82) is 0 Å². The number of nitrogens with zero attached hydrogens (tertiary/aromatic N) is 1. The van der Waals surface area contributed by atoms with Gasteiger partial charge in [0.05, 0.1) is 11.9 Å². The van der Waals surface area contributed by atoms with Crippen LogP contribution in [0.1, 0.15) is 32.5 Å². The number of anilines is 1. The third-order valence-electron chi connectivity index (χ3n) is 3.52. The number of aromatic amines is 1. The van der Waals surface area contributed by atoms with Crippen LogP contribution >= 0.6 is 0 Å². The van der Waals surface area contributed by atoms with E-state index in [0.717, 1.165) is 35.6 Å². The van der Waals surface area contributed by atoms with Crippen LogP contribution in [0.2, 0.25) is 0 Å². The first kappa shape index (κ1) is 14.3. The molecule has 106 valence electrons. The summed E-state index contributed by atoms with van der Waals surface area (Å²) in [6.07, 6.45) is 3.55. The van der Waals surface area contributed by atoms with Crippen molar-refractivity contribution in [1.82, 2.24) is 9.97 Å². The first-order valence-electron chi connectivity index (χ1n) is 7.07. The van der Waals surface area contributed by atoms with Crippen molar-refractivity contribution >= 4 is 11.6 Å². The largest absolute Gasteiger partial charge is 0.342 e. The monoisotopic (exact) mass is 271 g/mol. The van der Waals surface area contributed by atoms with Gasteiger partial charge < -0.3 is 10.3 Å². The van der Waals surface area contributed by atoms with Crippen molar-refractivity contribution < 1.29 is 4.79 Å². The average molecular weight is 271 g/mol. The van der Waals surface area contributed by atoms with Crippen LogP contribution in [-0.2, 0) is 4.79 Å². The number of benzene rings is 1. The van der Waals surface area contributed by atoms with Gasteiger partial charge in [0, 0.05) is 11.6 Å². The second-order valence-electron chi connectivity index (χ2n) is 4.96. The van der Waals surface area contributed by atoms with Gasteiger partial charge in [-0.1, -0.05) is 26.0 Å². The quantitative estimate of drug-likeness (QED) is 0.870. The summed E-state index contributed by atoms with van der Waals surface area (Å²) in [5, 5.41) is 2.96. The van der Waals surface area contributed by atoms with Crippen LogP contribution < -0.4 is 5.32 Å². The second-order valence-corrected chi connectivity index (χ2v) is 4.96. The molecule has 0 atom stereocenters. The van der Waals surface area contributed by atoms with Crippen LogP contribution in [0.5, 0.6) is 0 Å². The molecular formula is C16H21N3O. The SMILES string of the molecule is CCC(CC)C(=O)Nc1ccc(-c2cnc(C)[nH]2)cc1. The van der Waals surface area contributed by atoms with Crippen molar-refractivity contribution in [3.63, 3.8) is 0 Å². The molecule has 0 aliphatic rings. The van der Waals surface area contributed by atoms with Crippen molar-refractivity contribution in [2.75, 3.05) is 5.32 Å². The fourth-order valence-electron chi connectivity index (χ4n) is 2.20. The van der Waals surface area contributed by atoms with Gasteiger partial charge in [0.25, 0.3) is 0 Å². The molecule has 4 heteroatoms. The predicted molar refractivity (Wildman–Crippen MR) is 81.5 cm³/mol. The molecule has 1 aromatic carbocycles. The van der Waals surface area contributed by atoms with E-state index < -0.39 is 0 Å². The summed E-state index contributed by atoms with van der Waals surface area (Å²) in [7, 11) is 0. The minimum Gasteiger partial charge on any atom is -0.342 e. The summed E-state index contributed by atoms with van der Waals surface area (Å²) in [5.74, 6) is 1.08. The van der Waals surface area contributed by atoms with E-state index in [1.54, 1.807) is 0 Å². The molecule has 0 bridgehead atoms. The molecule has 1 amide bonds. The van der Waals surface area contributed by atoms with E-state index >= 15 is 0 Å². The second kappa shape index (κ2) is 6.37. The van der Waals surface area contributed by atoms with Crippen LogP contribution in [0.25, 0.3) is 11.3 Å². The molecular weight excluding hydrogens is 250 g/mol. The van der Waals surface area contributed by atoms with E-state index in [-0.39, 0.29) is 11.8 Å².